The highest BCUT2D eigenvalue weighted by molar-refractivity contribution is 5.20. The summed E-state index contributed by atoms with van der Waals surface area (Å²) in [6.45, 7) is 0.0187. The van der Waals surface area contributed by atoms with Crippen LogP contribution in [0.5, 0.6) is 0 Å². The molecule has 0 heterocycles. The van der Waals surface area contributed by atoms with E-state index >= 15 is 0 Å². The van der Waals surface area contributed by atoms with E-state index in [4.69, 9.17) is 0 Å². The number of hydrogen-bond acceptors (Lipinski definition) is 0. The highest BCUT2D eigenvalue weighted by Crippen LogP contribution is 2.25. The van der Waals surface area contributed by atoms with Crippen molar-refractivity contribution in [2.75, 3.05) is 6.61 Å². The molecule has 2 aromatic carbocycles. The molecule has 0 fully saturated rings. The molecule has 1 radical (unpaired) electrons. The lowest BCUT2D eigenvalue weighted by Gasteiger charge is -2.15. The van der Waals surface area contributed by atoms with E-state index in [2.05, 4.69) is 48.5 Å². The topological polar surface area (TPSA) is 19.9 Å². The molecule has 1 atom stereocenters. The van der Waals surface area contributed by atoms with Crippen molar-refractivity contribution in [1.29, 1.82) is 0 Å². The zero-order valence-corrected chi connectivity index (χ0v) is 11.3. The molecule has 0 aliphatic carbocycles. The van der Waals surface area contributed by atoms with Crippen LogP contribution in [0.4, 0.5) is 0 Å². The monoisotopic (exact) mass is 253 g/mol. The zero-order valence-electron chi connectivity index (χ0n) is 11.3. The number of benzene rings is 2. The molecule has 1 heteroatoms. The molecule has 0 amide bonds. The van der Waals surface area contributed by atoms with Crippen molar-refractivity contribution in [2.45, 2.75) is 31.6 Å². The molecule has 99 valence electrons. The van der Waals surface area contributed by atoms with Gasteiger partial charge in [0.1, 0.15) is 0 Å². The van der Waals surface area contributed by atoms with Crippen LogP contribution < -0.4 is 0 Å². The van der Waals surface area contributed by atoms with Gasteiger partial charge >= 0.3 is 0 Å². The Hall–Kier alpha value is -1.60. The van der Waals surface area contributed by atoms with Gasteiger partial charge in [0.15, 0.2) is 0 Å². The molecule has 2 rings (SSSR count). The summed E-state index contributed by atoms with van der Waals surface area (Å²) < 4.78 is 0. The van der Waals surface area contributed by atoms with Crippen LogP contribution in [-0.2, 0) is 11.5 Å². The third kappa shape index (κ3) is 4.53. The highest BCUT2D eigenvalue weighted by atomic mass is 16.3. The van der Waals surface area contributed by atoms with E-state index < -0.39 is 0 Å². The van der Waals surface area contributed by atoms with Gasteiger partial charge in [-0.3, -0.25) is 0 Å². The number of rotatable bonds is 7. The predicted octanol–water partition coefficient (Wildman–Crippen LogP) is 4.61. The molecule has 0 aliphatic heterocycles. The Kier molecular flexibility index (Phi) is 5.64. The van der Waals surface area contributed by atoms with Gasteiger partial charge in [0.05, 0.1) is 6.61 Å². The normalized spacial score (nSPS) is 12.3. The molecular formula is C18H21O. The summed E-state index contributed by atoms with van der Waals surface area (Å²) in [5.41, 5.74) is 2.70. The molecule has 0 N–H and O–H groups in total. The summed E-state index contributed by atoms with van der Waals surface area (Å²) in [7, 11) is 0. The van der Waals surface area contributed by atoms with Crippen molar-refractivity contribution in [2.24, 2.45) is 0 Å². The lowest BCUT2D eigenvalue weighted by atomic mass is 9.90. The second-order valence-electron chi connectivity index (χ2n) is 4.98. The van der Waals surface area contributed by atoms with E-state index in [-0.39, 0.29) is 6.61 Å². The molecule has 0 saturated heterocycles. The molecule has 0 saturated carbocycles. The lowest BCUT2D eigenvalue weighted by Crippen LogP contribution is -2.02. The van der Waals surface area contributed by atoms with Crippen LogP contribution >= 0.6 is 0 Å². The summed E-state index contributed by atoms with van der Waals surface area (Å²) >= 11 is 0. The van der Waals surface area contributed by atoms with Gasteiger partial charge < -0.3 is 0 Å². The van der Waals surface area contributed by atoms with Crippen LogP contribution in [-0.4, -0.2) is 6.61 Å². The molecule has 0 spiro atoms. The van der Waals surface area contributed by atoms with Crippen molar-refractivity contribution in [1.82, 2.24) is 0 Å². The minimum Gasteiger partial charge on any atom is -0.237 e. The minimum atomic E-state index is 0.0187. The summed E-state index contributed by atoms with van der Waals surface area (Å²) in [6, 6.07) is 21.0. The maximum absolute atomic E-state index is 10.9. The van der Waals surface area contributed by atoms with Gasteiger partial charge in [-0.1, -0.05) is 60.7 Å². The van der Waals surface area contributed by atoms with Gasteiger partial charge in [0.2, 0.25) is 0 Å². The molecule has 2 aromatic rings. The van der Waals surface area contributed by atoms with Gasteiger partial charge in [0, 0.05) is 0 Å². The molecule has 1 unspecified atom stereocenters. The van der Waals surface area contributed by atoms with E-state index in [1.807, 2.05) is 12.1 Å². The Bertz CT molecular complexity index is 450. The Morgan fingerprint density at radius 2 is 1.42 bits per heavy atom. The largest absolute Gasteiger partial charge is 0.237 e. The fourth-order valence-electron chi connectivity index (χ4n) is 2.54. The van der Waals surface area contributed by atoms with E-state index in [0.29, 0.717) is 5.92 Å². The van der Waals surface area contributed by atoms with Crippen molar-refractivity contribution in [3.8, 4) is 0 Å². The SMILES string of the molecule is [O]CCC(CCCc1ccccc1)c1ccccc1. The van der Waals surface area contributed by atoms with Gasteiger partial charge in [-0.05, 0) is 42.7 Å². The van der Waals surface area contributed by atoms with Crippen molar-refractivity contribution >= 4 is 0 Å². The maximum Gasteiger partial charge on any atom is 0.0828 e. The quantitative estimate of drug-likeness (QED) is 0.686. The third-order valence-electron chi connectivity index (χ3n) is 3.60. The molecule has 1 nitrogen and oxygen atoms in total. The minimum absolute atomic E-state index is 0.0187. The van der Waals surface area contributed by atoms with Crippen LogP contribution in [0.2, 0.25) is 0 Å². The maximum atomic E-state index is 10.9. The van der Waals surface area contributed by atoms with Crippen LogP contribution in [0.25, 0.3) is 0 Å². The van der Waals surface area contributed by atoms with E-state index in [1.165, 1.54) is 11.1 Å². The van der Waals surface area contributed by atoms with E-state index in [0.717, 1.165) is 25.7 Å². The first-order valence-electron chi connectivity index (χ1n) is 7.07. The van der Waals surface area contributed by atoms with E-state index in [1.54, 1.807) is 0 Å². The van der Waals surface area contributed by atoms with Crippen LogP contribution in [0.1, 0.15) is 36.3 Å². The van der Waals surface area contributed by atoms with Gasteiger partial charge in [-0.15, -0.1) is 0 Å². The Labute approximate surface area is 115 Å². The van der Waals surface area contributed by atoms with Crippen LogP contribution in [0.15, 0.2) is 60.7 Å². The third-order valence-corrected chi connectivity index (χ3v) is 3.60. The van der Waals surface area contributed by atoms with Gasteiger partial charge in [0.25, 0.3) is 0 Å². The summed E-state index contributed by atoms with van der Waals surface area (Å²) in [5, 5.41) is 10.9. The fraction of sp³-hybridized carbons (Fsp3) is 0.333. The standard InChI is InChI=1S/C18H21O/c19-15-14-18(17-11-5-2-6-12-17)13-7-10-16-8-3-1-4-9-16/h1-6,8-9,11-12,18H,7,10,13-15H2. The van der Waals surface area contributed by atoms with E-state index in [9.17, 15) is 5.11 Å². The molecule has 0 aliphatic rings. The Balaban J connectivity index is 1.87. The van der Waals surface area contributed by atoms with Crippen molar-refractivity contribution < 1.29 is 5.11 Å². The van der Waals surface area contributed by atoms with Crippen LogP contribution in [0.3, 0.4) is 0 Å². The number of aryl methyl sites for hydroxylation is 1. The first-order chi connectivity index (χ1) is 9.40. The van der Waals surface area contributed by atoms with Crippen LogP contribution in [0, 0.1) is 0 Å². The fourth-order valence-corrected chi connectivity index (χ4v) is 2.54. The zero-order chi connectivity index (χ0) is 13.3. The summed E-state index contributed by atoms with van der Waals surface area (Å²) in [4.78, 5) is 0. The second kappa shape index (κ2) is 7.75. The predicted molar refractivity (Wildman–Crippen MR) is 78.7 cm³/mol. The van der Waals surface area contributed by atoms with Crippen molar-refractivity contribution in [3.05, 3.63) is 71.8 Å². The lowest BCUT2D eigenvalue weighted by molar-refractivity contribution is 0.179. The first-order valence-corrected chi connectivity index (χ1v) is 7.07. The van der Waals surface area contributed by atoms with Crippen molar-refractivity contribution in [3.63, 3.8) is 0 Å². The summed E-state index contributed by atoms with van der Waals surface area (Å²) in [6.07, 6.45) is 4.09. The molecule has 19 heavy (non-hydrogen) atoms. The van der Waals surface area contributed by atoms with Gasteiger partial charge in [-0.2, -0.15) is 0 Å². The molecular weight excluding hydrogens is 232 g/mol. The summed E-state index contributed by atoms with van der Waals surface area (Å²) in [5.74, 6) is 0.419. The Morgan fingerprint density at radius 3 is 2.05 bits per heavy atom. The highest BCUT2D eigenvalue weighted by Gasteiger charge is 2.10. The smallest absolute Gasteiger partial charge is 0.0828 e. The first kappa shape index (κ1) is 13.8. The second-order valence-corrected chi connectivity index (χ2v) is 4.98. The van der Waals surface area contributed by atoms with Gasteiger partial charge in [-0.25, -0.2) is 5.11 Å². The molecule has 0 bridgehead atoms. The number of hydrogen-bond donors (Lipinski definition) is 0. The Morgan fingerprint density at radius 1 is 0.789 bits per heavy atom. The average Bonchev–Trinajstić information content (AvgIpc) is 2.48. The molecule has 0 aromatic heterocycles. The average molecular weight is 253 g/mol.